The molecule has 6 heteroatoms. The lowest BCUT2D eigenvalue weighted by atomic mass is 10.0. The fraction of sp³-hybridized carbons (Fsp3) is 0.647. The van der Waals surface area contributed by atoms with Gasteiger partial charge in [0.1, 0.15) is 5.82 Å². The average Bonchev–Trinajstić information content (AvgIpc) is 2.63. The normalized spacial score (nSPS) is 23.1. The molecule has 1 unspecified atom stereocenters. The topological polar surface area (TPSA) is 65.7 Å². The Bertz CT molecular complexity index is 501. The van der Waals surface area contributed by atoms with Crippen molar-refractivity contribution in [1.29, 1.82) is 0 Å². The molecule has 2 saturated heterocycles. The van der Waals surface area contributed by atoms with Gasteiger partial charge < -0.3 is 15.5 Å². The SMILES string of the molecule is NCC1CCCCN1C(=O)CN1CCN(c2ccccn2)CC1. The molecule has 0 spiro atoms. The molecule has 1 atom stereocenters. The molecule has 0 radical (unpaired) electrons. The standard InChI is InChI=1S/C17H27N5O/c18-13-15-5-2-4-8-22(15)17(23)14-20-9-11-21(12-10-20)16-6-1-3-7-19-16/h1,3,6-7,15H,2,4-5,8-14,18H2. The summed E-state index contributed by atoms with van der Waals surface area (Å²) >= 11 is 0. The van der Waals surface area contributed by atoms with Crippen molar-refractivity contribution in [2.75, 3.05) is 50.7 Å². The molecule has 1 amide bonds. The van der Waals surface area contributed by atoms with Crippen LogP contribution in [0.4, 0.5) is 5.82 Å². The number of carbonyl (C=O) groups is 1. The first kappa shape index (κ1) is 16.2. The molecular formula is C17H27N5O. The highest BCUT2D eigenvalue weighted by Gasteiger charge is 2.27. The number of pyridine rings is 1. The molecule has 0 aromatic carbocycles. The van der Waals surface area contributed by atoms with Crippen molar-refractivity contribution in [3.8, 4) is 0 Å². The zero-order valence-corrected chi connectivity index (χ0v) is 13.7. The lowest BCUT2D eigenvalue weighted by Gasteiger charge is -2.39. The largest absolute Gasteiger partial charge is 0.354 e. The molecule has 2 fully saturated rings. The summed E-state index contributed by atoms with van der Waals surface area (Å²) in [5, 5.41) is 0. The molecule has 0 bridgehead atoms. The van der Waals surface area contributed by atoms with E-state index in [1.54, 1.807) is 0 Å². The predicted octanol–water partition coefficient (Wildman–Crippen LogP) is 0.543. The molecular weight excluding hydrogens is 290 g/mol. The van der Waals surface area contributed by atoms with Crippen LogP contribution in [0.15, 0.2) is 24.4 Å². The Morgan fingerprint density at radius 2 is 2.00 bits per heavy atom. The fourth-order valence-corrected chi connectivity index (χ4v) is 3.53. The maximum atomic E-state index is 12.6. The van der Waals surface area contributed by atoms with E-state index in [9.17, 15) is 4.79 Å². The molecule has 1 aromatic rings. The molecule has 23 heavy (non-hydrogen) atoms. The summed E-state index contributed by atoms with van der Waals surface area (Å²) in [6.07, 6.45) is 5.17. The smallest absolute Gasteiger partial charge is 0.237 e. The quantitative estimate of drug-likeness (QED) is 0.878. The highest BCUT2D eigenvalue weighted by Crippen LogP contribution is 2.17. The van der Waals surface area contributed by atoms with E-state index < -0.39 is 0 Å². The highest BCUT2D eigenvalue weighted by atomic mass is 16.2. The van der Waals surface area contributed by atoms with Crippen LogP contribution < -0.4 is 10.6 Å². The summed E-state index contributed by atoms with van der Waals surface area (Å²) in [4.78, 5) is 23.5. The maximum absolute atomic E-state index is 12.6. The summed E-state index contributed by atoms with van der Waals surface area (Å²) < 4.78 is 0. The minimum Gasteiger partial charge on any atom is -0.354 e. The zero-order chi connectivity index (χ0) is 16.1. The van der Waals surface area contributed by atoms with Crippen molar-refractivity contribution in [2.45, 2.75) is 25.3 Å². The van der Waals surface area contributed by atoms with Crippen LogP contribution in [0.25, 0.3) is 0 Å². The Morgan fingerprint density at radius 3 is 2.70 bits per heavy atom. The summed E-state index contributed by atoms with van der Waals surface area (Å²) in [5.74, 6) is 1.27. The number of likely N-dealkylation sites (tertiary alicyclic amines) is 1. The van der Waals surface area contributed by atoms with Crippen molar-refractivity contribution in [1.82, 2.24) is 14.8 Å². The van der Waals surface area contributed by atoms with Gasteiger partial charge in [-0.15, -0.1) is 0 Å². The van der Waals surface area contributed by atoms with Gasteiger partial charge in [-0.25, -0.2) is 4.98 Å². The molecule has 2 aliphatic rings. The van der Waals surface area contributed by atoms with Crippen LogP contribution in [-0.4, -0.2) is 72.5 Å². The van der Waals surface area contributed by atoms with E-state index in [0.717, 1.165) is 51.4 Å². The molecule has 3 rings (SSSR count). The molecule has 2 aliphatic heterocycles. The maximum Gasteiger partial charge on any atom is 0.237 e. The van der Waals surface area contributed by atoms with Gasteiger partial charge in [0.25, 0.3) is 0 Å². The van der Waals surface area contributed by atoms with Crippen molar-refractivity contribution >= 4 is 11.7 Å². The number of aromatic nitrogens is 1. The molecule has 6 nitrogen and oxygen atoms in total. The molecule has 1 aromatic heterocycles. The van der Waals surface area contributed by atoms with E-state index >= 15 is 0 Å². The Labute approximate surface area is 138 Å². The Morgan fingerprint density at radius 1 is 1.17 bits per heavy atom. The number of anilines is 1. The molecule has 0 saturated carbocycles. The Balaban J connectivity index is 1.49. The summed E-state index contributed by atoms with van der Waals surface area (Å²) in [5.41, 5.74) is 5.83. The minimum atomic E-state index is 0.242. The molecule has 126 valence electrons. The highest BCUT2D eigenvalue weighted by molar-refractivity contribution is 5.78. The number of nitrogens with two attached hydrogens (primary N) is 1. The van der Waals surface area contributed by atoms with Gasteiger partial charge in [0.05, 0.1) is 6.54 Å². The van der Waals surface area contributed by atoms with Gasteiger partial charge in [-0.1, -0.05) is 6.07 Å². The first-order chi connectivity index (χ1) is 11.3. The number of carbonyl (C=O) groups excluding carboxylic acids is 1. The van der Waals surface area contributed by atoms with Crippen LogP contribution in [0.2, 0.25) is 0 Å². The number of piperidine rings is 1. The fourth-order valence-electron chi connectivity index (χ4n) is 3.53. The zero-order valence-electron chi connectivity index (χ0n) is 13.7. The van der Waals surface area contributed by atoms with Crippen LogP contribution in [0.5, 0.6) is 0 Å². The second-order valence-corrected chi connectivity index (χ2v) is 6.42. The third-order valence-corrected chi connectivity index (χ3v) is 4.92. The van der Waals surface area contributed by atoms with Crippen molar-refractivity contribution in [2.24, 2.45) is 5.73 Å². The van der Waals surface area contributed by atoms with E-state index in [0.29, 0.717) is 13.1 Å². The van der Waals surface area contributed by atoms with Crippen LogP contribution in [-0.2, 0) is 4.79 Å². The third kappa shape index (κ3) is 4.00. The molecule has 3 heterocycles. The van der Waals surface area contributed by atoms with E-state index in [-0.39, 0.29) is 11.9 Å². The van der Waals surface area contributed by atoms with Gasteiger partial charge in [-0.2, -0.15) is 0 Å². The lowest BCUT2D eigenvalue weighted by Crippen LogP contribution is -2.54. The van der Waals surface area contributed by atoms with E-state index in [1.807, 2.05) is 29.3 Å². The van der Waals surface area contributed by atoms with Crippen LogP contribution in [0.3, 0.4) is 0 Å². The Hall–Kier alpha value is -1.66. The lowest BCUT2D eigenvalue weighted by molar-refractivity contribution is -0.136. The van der Waals surface area contributed by atoms with Crippen molar-refractivity contribution < 1.29 is 4.79 Å². The second-order valence-electron chi connectivity index (χ2n) is 6.42. The van der Waals surface area contributed by atoms with Gasteiger partial charge in [0.2, 0.25) is 5.91 Å². The van der Waals surface area contributed by atoms with Crippen molar-refractivity contribution in [3.05, 3.63) is 24.4 Å². The first-order valence-electron chi connectivity index (χ1n) is 8.66. The number of rotatable bonds is 4. The van der Waals surface area contributed by atoms with E-state index in [1.165, 1.54) is 6.42 Å². The van der Waals surface area contributed by atoms with Gasteiger partial charge in [0, 0.05) is 51.5 Å². The van der Waals surface area contributed by atoms with Crippen LogP contribution in [0, 0.1) is 0 Å². The van der Waals surface area contributed by atoms with Crippen LogP contribution >= 0.6 is 0 Å². The second kappa shape index (κ2) is 7.75. The van der Waals surface area contributed by atoms with E-state index in [2.05, 4.69) is 14.8 Å². The number of nitrogens with zero attached hydrogens (tertiary/aromatic N) is 4. The molecule has 0 aliphatic carbocycles. The minimum absolute atomic E-state index is 0.242. The van der Waals surface area contributed by atoms with Gasteiger partial charge in [-0.05, 0) is 31.4 Å². The third-order valence-electron chi connectivity index (χ3n) is 4.92. The monoisotopic (exact) mass is 317 g/mol. The number of amides is 1. The first-order valence-corrected chi connectivity index (χ1v) is 8.66. The number of hydrogen-bond acceptors (Lipinski definition) is 5. The van der Waals surface area contributed by atoms with Gasteiger partial charge >= 0.3 is 0 Å². The summed E-state index contributed by atoms with van der Waals surface area (Å²) in [6, 6.07) is 6.23. The van der Waals surface area contributed by atoms with Gasteiger partial charge in [-0.3, -0.25) is 9.69 Å². The predicted molar refractivity (Wildman–Crippen MR) is 91.3 cm³/mol. The molecule has 2 N–H and O–H groups in total. The summed E-state index contributed by atoms with van der Waals surface area (Å²) in [7, 11) is 0. The van der Waals surface area contributed by atoms with Gasteiger partial charge in [0.15, 0.2) is 0 Å². The number of piperazine rings is 1. The van der Waals surface area contributed by atoms with Crippen molar-refractivity contribution in [3.63, 3.8) is 0 Å². The average molecular weight is 317 g/mol. The van der Waals surface area contributed by atoms with E-state index in [4.69, 9.17) is 5.73 Å². The summed E-state index contributed by atoms with van der Waals surface area (Å²) in [6.45, 7) is 5.63. The Kier molecular flexibility index (Phi) is 5.46. The van der Waals surface area contributed by atoms with Crippen LogP contribution in [0.1, 0.15) is 19.3 Å². The number of hydrogen-bond donors (Lipinski definition) is 1.